The quantitative estimate of drug-likeness (QED) is 0.184. The van der Waals surface area contributed by atoms with Gasteiger partial charge in [0.15, 0.2) is 0 Å². The van der Waals surface area contributed by atoms with Gasteiger partial charge in [0.2, 0.25) is 17.7 Å². The molecule has 7 N–H and O–H groups in total. The highest BCUT2D eigenvalue weighted by Crippen LogP contribution is 2.13. The summed E-state index contributed by atoms with van der Waals surface area (Å²) in [5.74, 6) is -1.98. The number of carbonyl (C=O) groups is 4. The molecule has 3 amide bonds. The first-order valence-electron chi connectivity index (χ1n) is 12.5. The number of amides is 3. The molecule has 0 spiro atoms. The SMILES string of the molecule is CSCCC(NC(=O)C(Cc1ccc(O)cc1)NC(=O)C(CC(C)C)NC(=O)C(N)CC(C)C)C(=O)O. The highest BCUT2D eigenvalue weighted by atomic mass is 32.2. The van der Waals surface area contributed by atoms with E-state index in [1.807, 2.05) is 34.0 Å². The van der Waals surface area contributed by atoms with Gasteiger partial charge in [-0.2, -0.15) is 11.8 Å². The van der Waals surface area contributed by atoms with Crippen LogP contribution in [0.5, 0.6) is 5.75 Å². The summed E-state index contributed by atoms with van der Waals surface area (Å²) in [4.78, 5) is 50.8. The van der Waals surface area contributed by atoms with Gasteiger partial charge in [0.1, 0.15) is 23.9 Å². The van der Waals surface area contributed by atoms with Gasteiger partial charge in [0.25, 0.3) is 0 Å². The fourth-order valence-corrected chi connectivity index (χ4v) is 4.18. The maximum Gasteiger partial charge on any atom is 0.326 e. The summed E-state index contributed by atoms with van der Waals surface area (Å²) in [6.45, 7) is 7.71. The molecular formula is C26H42N4O6S. The Labute approximate surface area is 223 Å². The number of rotatable bonds is 16. The number of thioether (sulfide) groups is 1. The summed E-state index contributed by atoms with van der Waals surface area (Å²) >= 11 is 1.46. The minimum Gasteiger partial charge on any atom is -0.508 e. The number of phenolic OH excluding ortho intramolecular Hbond substituents is 1. The number of nitrogens with one attached hydrogen (secondary N) is 3. The number of hydrogen-bond acceptors (Lipinski definition) is 7. The lowest BCUT2D eigenvalue weighted by molar-refractivity contribution is -0.142. The zero-order chi connectivity index (χ0) is 28.1. The lowest BCUT2D eigenvalue weighted by Crippen LogP contribution is -2.58. The van der Waals surface area contributed by atoms with Crippen LogP contribution in [-0.4, -0.2) is 70.1 Å². The molecule has 1 aromatic rings. The molecule has 37 heavy (non-hydrogen) atoms. The van der Waals surface area contributed by atoms with E-state index in [0.717, 1.165) is 0 Å². The third-order valence-corrected chi connectivity index (χ3v) is 6.28. The molecule has 0 radical (unpaired) electrons. The standard InChI is InChI=1S/C26H42N4O6S/c1-15(2)12-19(27)23(32)29-21(13-16(3)4)24(33)30-22(14-17-6-8-18(31)9-7-17)25(34)28-20(26(35)36)10-11-37-5/h6-9,15-16,19-22,31H,10-14,27H2,1-5H3,(H,28,34)(H,29,32)(H,30,33)(H,35,36). The van der Waals surface area contributed by atoms with Crippen molar-refractivity contribution >= 4 is 35.5 Å². The van der Waals surface area contributed by atoms with Gasteiger partial charge in [0, 0.05) is 6.42 Å². The number of aromatic hydroxyl groups is 1. The maximum atomic E-state index is 13.3. The van der Waals surface area contributed by atoms with Crippen LogP contribution < -0.4 is 21.7 Å². The van der Waals surface area contributed by atoms with Crippen LogP contribution in [0.25, 0.3) is 0 Å². The lowest BCUT2D eigenvalue weighted by atomic mass is 9.99. The van der Waals surface area contributed by atoms with E-state index in [1.54, 1.807) is 12.1 Å². The van der Waals surface area contributed by atoms with Gasteiger partial charge in [-0.1, -0.05) is 39.8 Å². The summed E-state index contributed by atoms with van der Waals surface area (Å²) in [5.41, 5.74) is 6.65. The van der Waals surface area contributed by atoms with E-state index in [0.29, 0.717) is 24.2 Å². The van der Waals surface area contributed by atoms with E-state index >= 15 is 0 Å². The molecule has 0 aromatic heterocycles. The van der Waals surface area contributed by atoms with E-state index in [1.165, 1.54) is 23.9 Å². The Morgan fingerprint density at radius 3 is 1.86 bits per heavy atom. The number of aliphatic carboxylic acids is 1. The number of carboxylic acid groups (broad SMARTS) is 1. The van der Waals surface area contributed by atoms with E-state index < -0.39 is 47.9 Å². The highest BCUT2D eigenvalue weighted by molar-refractivity contribution is 7.98. The summed E-state index contributed by atoms with van der Waals surface area (Å²) in [6.07, 6.45) is 2.90. The van der Waals surface area contributed by atoms with Crippen LogP contribution in [0.1, 0.15) is 52.5 Å². The number of nitrogens with two attached hydrogens (primary N) is 1. The predicted octanol–water partition coefficient (Wildman–Crippen LogP) is 1.65. The Morgan fingerprint density at radius 2 is 1.35 bits per heavy atom. The zero-order valence-electron chi connectivity index (χ0n) is 22.3. The molecular weight excluding hydrogens is 496 g/mol. The first-order valence-corrected chi connectivity index (χ1v) is 13.9. The molecule has 208 valence electrons. The molecule has 0 aliphatic carbocycles. The van der Waals surface area contributed by atoms with Gasteiger partial charge >= 0.3 is 5.97 Å². The van der Waals surface area contributed by atoms with Gasteiger partial charge in [-0.3, -0.25) is 14.4 Å². The van der Waals surface area contributed by atoms with Crippen LogP contribution in [0.4, 0.5) is 0 Å². The first kappa shape index (κ1) is 32.2. The topological polar surface area (TPSA) is 171 Å². The molecule has 4 unspecified atom stereocenters. The second kappa shape index (κ2) is 16.1. The van der Waals surface area contributed by atoms with E-state index in [2.05, 4.69) is 16.0 Å². The number of carbonyl (C=O) groups excluding carboxylic acids is 3. The number of phenols is 1. The summed E-state index contributed by atoms with van der Waals surface area (Å²) < 4.78 is 0. The summed E-state index contributed by atoms with van der Waals surface area (Å²) in [6, 6.07) is 2.23. The van der Waals surface area contributed by atoms with Crippen molar-refractivity contribution in [3.63, 3.8) is 0 Å². The Hall–Kier alpha value is -2.79. The van der Waals surface area contributed by atoms with Crippen LogP contribution >= 0.6 is 11.8 Å². The van der Waals surface area contributed by atoms with E-state index in [-0.39, 0.29) is 30.4 Å². The highest BCUT2D eigenvalue weighted by Gasteiger charge is 2.31. The lowest BCUT2D eigenvalue weighted by Gasteiger charge is -2.26. The monoisotopic (exact) mass is 538 g/mol. The van der Waals surface area contributed by atoms with Crippen molar-refractivity contribution in [2.75, 3.05) is 12.0 Å². The Morgan fingerprint density at radius 1 is 0.838 bits per heavy atom. The zero-order valence-corrected chi connectivity index (χ0v) is 23.1. The molecule has 11 heteroatoms. The van der Waals surface area contributed by atoms with Crippen LogP contribution in [0, 0.1) is 11.8 Å². The molecule has 0 aliphatic rings. The molecule has 1 rings (SSSR count). The minimum atomic E-state index is -1.17. The predicted molar refractivity (Wildman–Crippen MR) is 145 cm³/mol. The van der Waals surface area contributed by atoms with Crippen molar-refractivity contribution in [3.8, 4) is 5.75 Å². The second-order valence-corrected chi connectivity index (χ2v) is 11.0. The molecule has 0 fully saturated rings. The van der Waals surface area contributed by atoms with Crippen molar-refractivity contribution in [2.24, 2.45) is 17.6 Å². The van der Waals surface area contributed by atoms with E-state index in [4.69, 9.17) is 5.73 Å². The first-order chi connectivity index (χ1) is 17.3. The Bertz CT molecular complexity index is 894. The van der Waals surface area contributed by atoms with Gasteiger partial charge < -0.3 is 31.9 Å². The van der Waals surface area contributed by atoms with Crippen LogP contribution in [0.3, 0.4) is 0 Å². The summed E-state index contributed by atoms with van der Waals surface area (Å²) in [7, 11) is 0. The van der Waals surface area contributed by atoms with Gasteiger partial charge in [-0.15, -0.1) is 0 Å². The van der Waals surface area contributed by atoms with Gasteiger partial charge in [-0.05, 0) is 60.8 Å². The molecule has 4 atom stereocenters. The Balaban J connectivity index is 3.13. The van der Waals surface area contributed by atoms with Gasteiger partial charge in [0.05, 0.1) is 6.04 Å². The normalized spacial score (nSPS) is 14.5. The van der Waals surface area contributed by atoms with Crippen LogP contribution in [0.2, 0.25) is 0 Å². The molecule has 0 bridgehead atoms. The second-order valence-electron chi connectivity index (χ2n) is 10.0. The van der Waals surface area contributed by atoms with Crippen LogP contribution in [-0.2, 0) is 25.6 Å². The third kappa shape index (κ3) is 12.3. The van der Waals surface area contributed by atoms with Crippen molar-refractivity contribution < 1.29 is 29.4 Å². The molecule has 10 nitrogen and oxygen atoms in total. The third-order valence-electron chi connectivity index (χ3n) is 5.64. The van der Waals surface area contributed by atoms with Crippen molar-refractivity contribution in [3.05, 3.63) is 29.8 Å². The molecule has 0 saturated heterocycles. The van der Waals surface area contributed by atoms with Crippen molar-refractivity contribution in [1.29, 1.82) is 0 Å². The Kier molecular flexibility index (Phi) is 14.1. The number of carboxylic acids is 1. The smallest absolute Gasteiger partial charge is 0.326 e. The van der Waals surface area contributed by atoms with Crippen molar-refractivity contribution in [2.45, 2.75) is 77.5 Å². The minimum absolute atomic E-state index is 0.0502. The molecule has 0 saturated carbocycles. The molecule has 0 heterocycles. The van der Waals surface area contributed by atoms with E-state index in [9.17, 15) is 29.4 Å². The molecule has 1 aromatic carbocycles. The maximum absolute atomic E-state index is 13.3. The largest absolute Gasteiger partial charge is 0.508 e. The number of hydrogen-bond donors (Lipinski definition) is 6. The van der Waals surface area contributed by atoms with Gasteiger partial charge in [-0.25, -0.2) is 4.79 Å². The average molecular weight is 539 g/mol. The van der Waals surface area contributed by atoms with Crippen LogP contribution in [0.15, 0.2) is 24.3 Å². The fraction of sp³-hybridized carbons (Fsp3) is 0.615. The van der Waals surface area contributed by atoms with Crippen molar-refractivity contribution in [1.82, 2.24) is 16.0 Å². The summed E-state index contributed by atoms with van der Waals surface area (Å²) in [5, 5.41) is 27.1. The molecule has 0 aliphatic heterocycles. The average Bonchev–Trinajstić information content (AvgIpc) is 2.80. The number of benzene rings is 1. The fourth-order valence-electron chi connectivity index (χ4n) is 3.71.